The summed E-state index contributed by atoms with van der Waals surface area (Å²) in [6, 6.07) is 7.58. The van der Waals surface area contributed by atoms with Crippen LogP contribution in [0.1, 0.15) is 22.3 Å². The van der Waals surface area contributed by atoms with Crippen molar-refractivity contribution >= 4 is 17.7 Å². The number of hydrogen-bond donors (Lipinski definition) is 1. The molecule has 7 heteroatoms. The second kappa shape index (κ2) is 8.02. The Bertz CT molecular complexity index is 855. The molecule has 1 aromatic carbocycles. The van der Waals surface area contributed by atoms with Gasteiger partial charge in [0.05, 0.1) is 6.20 Å². The zero-order valence-electron chi connectivity index (χ0n) is 14.3. The molecular weight excluding hydrogens is 334 g/mol. The van der Waals surface area contributed by atoms with Crippen LogP contribution in [0.4, 0.5) is 0 Å². The van der Waals surface area contributed by atoms with Crippen molar-refractivity contribution in [3.8, 4) is 5.69 Å². The summed E-state index contributed by atoms with van der Waals surface area (Å²) in [7, 11) is 1.90. The standard InChI is InChI=1S/C18H21N5OS/c1-22-13-14(12-21-22)5-4-8-19-17(24)15-6-3-7-16(11-15)23-10-9-20-18(23)25-2/h3,6-7,9-13H,4-5,8H2,1-2H3,(H,19,24). The molecule has 0 unspecified atom stereocenters. The van der Waals surface area contributed by atoms with E-state index in [-0.39, 0.29) is 5.91 Å². The van der Waals surface area contributed by atoms with Crippen molar-refractivity contribution in [2.24, 2.45) is 7.05 Å². The molecular formula is C18H21N5OS. The molecule has 0 radical (unpaired) electrons. The number of thioether (sulfide) groups is 1. The molecule has 0 saturated carbocycles. The second-order valence-corrected chi connectivity index (χ2v) is 6.49. The first kappa shape index (κ1) is 17.3. The average molecular weight is 355 g/mol. The number of amides is 1. The molecule has 0 aliphatic rings. The van der Waals surface area contributed by atoms with Crippen molar-refractivity contribution in [2.45, 2.75) is 18.0 Å². The maximum absolute atomic E-state index is 12.4. The van der Waals surface area contributed by atoms with E-state index in [4.69, 9.17) is 0 Å². The van der Waals surface area contributed by atoms with E-state index < -0.39 is 0 Å². The zero-order chi connectivity index (χ0) is 17.6. The molecule has 3 aromatic rings. The Morgan fingerprint density at radius 1 is 1.36 bits per heavy atom. The van der Waals surface area contributed by atoms with Gasteiger partial charge in [0.2, 0.25) is 0 Å². The number of nitrogens with zero attached hydrogens (tertiary/aromatic N) is 4. The van der Waals surface area contributed by atoms with Crippen molar-refractivity contribution < 1.29 is 4.79 Å². The van der Waals surface area contributed by atoms with E-state index in [1.54, 1.807) is 22.6 Å². The number of carbonyl (C=O) groups is 1. The molecule has 0 aliphatic heterocycles. The maximum atomic E-state index is 12.4. The predicted molar refractivity (Wildman–Crippen MR) is 99.2 cm³/mol. The number of aryl methyl sites for hydroxylation is 2. The van der Waals surface area contributed by atoms with E-state index in [0.717, 1.165) is 23.7 Å². The van der Waals surface area contributed by atoms with Gasteiger partial charge in [-0.3, -0.25) is 14.0 Å². The van der Waals surface area contributed by atoms with Crippen LogP contribution >= 0.6 is 11.8 Å². The van der Waals surface area contributed by atoms with Gasteiger partial charge in [0.1, 0.15) is 0 Å². The second-order valence-electron chi connectivity index (χ2n) is 5.72. The van der Waals surface area contributed by atoms with E-state index in [1.807, 2.05) is 60.7 Å². The molecule has 0 spiro atoms. The molecule has 0 bridgehead atoms. The Morgan fingerprint density at radius 2 is 2.24 bits per heavy atom. The van der Waals surface area contributed by atoms with Crippen LogP contribution in [0.25, 0.3) is 5.69 Å². The van der Waals surface area contributed by atoms with Gasteiger partial charge in [-0.1, -0.05) is 17.8 Å². The number of carbonyl (C=O) groups excluding carboxylic acids is 1. The van der Waals surface area contributed by atoms with Crippen molar-refractivity contribution in [1.82, 2.24) is 24.6 Å². The van der Waals surface area contributed by atoms with Gasteiger partial charge in [-0.2, -0.15) is 5.10 Å². The fraction of sp³-hybridized carbons (Fsp3) is 0.278. The van der Waals surface area contributed by atoms with Gasteiger partial charge in [-0.05, 0) is 42.9 Å². The Hall–Kier alpha value is -2.54. The quantitative estimate of drug-likeness (QED) is 0.523. The molecule has 25 heavy (non-hydrogen) atoms. The largest absolute Gasteiger partial charge is 0.352 e. The van der Waals surface area contributed by atoms with Gasteiger partial charge in [0.25, 0.3) is 5.91 Å². The monoisotopic (exact) mass is 355 g/mol. The molecule has 2 heterocycles. The van der Waals surface area contributed by atoms with Crippen LogP contribution in [0.2, 0.25) is 0 Å². The third kappa shape index (κ3) is 4.30. The fourth-order valence-corrected chi connectivity index (χ4v) is 3.16. The zero-order valence-corrected chi connectivity index (χ0v) is 15.2. The summed E-state index contributed by atoms with van der Waals surface area (Å²) in [6.45, 7) is 0.638. The Kier molecular flexibility index (Phi) is 5.55. The molecule has 0 atom stereocenters. The molecule has 0 saturated heterocycles. The first-order valence-electron chi connectivity index (χ1n) is 8.11. The number of hydrogen-bond acceptors (Lipinski definition) is 4. The Morgan fingerprint density at radius 3 is 3.00 bits per heavy atom. The first-order valence-corrected chi connectivity index (χ1v) is 9.33. The normalized spacial score (nSPS) is 10.8. The molecule has 6 nitrogen and oxygen atoms in total. The summed E-state index contributed by atoms with van der Waals surface area (Å²) in [5, 5.41) is 8.02. The molecule has 1 amide bonds. The molecule has 0 aliphatic carbocycles. The van der Waals surface area contributed by atoms with Crippen LogP contribution in [0, 0.1) is 0 Å². The lowest BCUT2D eigenvalue weighted by molar-refractivity contribution is 0.0953. The third-order valence-corrected chi connectivity index (χ3v) is 4.53. The van der Waals surface area contributed by atoms with Crippen molar-refractivity contribution in [3.63, 3.8) is 0 Å². The summed E-state index contributed by atoms with van der Waals surface area (Å²) in [4.78, 5) is 16.7. The molecule has 1 N–H and O–H groups in total. The maximum Gasteiger partial charge on any atom is 0.251 e. The molecule has 0 fully saturated rings. The minimum absolute atomic E-state index is 0.0566. The highest BCUT2D eigenvalue weighted by Gasteiger charge is 2.09. The number of benzene rings is 1. The topological polar surface area (TPSA) is 64.7 Å². The van der Waals surface area contributed by atoms with E-state index in [9.17, 15) is 4.79 Å². The Labute approximate surface area is 151 Å². The van der Waals surface area contributed by atoms with Gasteiger partial charge in [0, 0.05) is 43.4 Å². The molecule has 2 aromatic heterocycles. The minimum Gasteiger partial charge on any atom is -0.352 e. The smallest absolute Gasteiger partial charge is 0.251 e. The summed E-state index contributed by atoms with van der Waals surface area (Å²) >= 11 is 1.57. The predicted octanol–water partition coefficient (Wildman–Crippen LogP) is 2.69. The number of aromatic nitrogens is 4. The van der Waals surface area contributed by atoms with Gasteiger partial charge >= 0.3 is 0 Å². The summed E-state index contributed by atoms with van der Waals surface area (Å²) in [5.41, 5.74) is 2.77. The van der Waals surface area contributed by atoms with Crippen LogP contribution in [0.15, 0.2) is 54.2 Å². The number of nitrogens with one attached hydrogen (secondary N) is 1. The van der Waals surface area contributed by atoms with Crippen LogP contribution in [-0.2, 0) is 13.5 Å². The lowest BCUT2D eigenvalue weighted by Gasteiger charge is -2.09. The van der Waals surface area contributed by atoms with E-state index in [1.165, 1.54) is 5.56 Å². The Balaban J connectivity index is 1.58. The fourth-order valence-electron chi connectivity index (χ4n) is 2.63. The van der Waals surface area contributed by atoms with Gasteiger partial charge < -0.3 is 5.32 Å². The molecule has 130 valence electrons. The number of imidazole rings is 1. The lowest BCUT2D eigenvalue weighted by atomic mass is 10.1. The van der Waals surface area contributed by atoms with Crippen molar-refractivity contribution in [2.75, 3.05) is 12.8 Å². The minimum atomic E-state index is -0.0566. The highest BCUT2D eigenvalue weighted by atomic mass is 32.2. The summed E-state index contributed by atoms with van der Waals surface area (Å²) in [6.07, 6.45) is 11.3. The van der Waals surface area contributed by atoms with Gasteiger partial charge in [-0.25, -0.2) is 4.98 Å². The first-order chi connectivity index (χ1) is 12.2. The van der Waals surface area contributed by atoms with E-state index >= 15 is 0 Å². The van der Waals surface area contributed by atoms with E-state index in [0.29, 0.717) is 12.1 Å². The highest BCUT2D eigenvalue weighted by molar-refractivity contribution is 7.98. The van der Waals surface area contributed by atoms with Crippen LogP contribution < -0.4 is 5.32 Å². The SMILES string of the molecule is CSc1nccn1-c1cccc(C(=O)NCCCc2cnn(C)c2)c1. The lowest BCUT2D eigenvalue weighted by Crippen LogP contribution is -2.24. The van der Waals surface area contributed by atoms with Crippen molar-refractivity contribution in [3.05, 3.63) is 60.2 Å². The summed E-state index contributed by atoms with van der Waals surface area (Å²) in [5.74, 6) is -0.0566. The number of rotatable bonds is 7. The van der Waals surface area contributed by atoms with Crippen molar-refractivity contribution in [1.29, 1.82) is 0 Å². The van der Waals surface area contributed by atoms with Crippen LogP contribution in [0.3, 0.4) is 0 Å². The molecule has 3 rings (SSSR count). The average Bonchev–Trinajstić information content (AvgIpc) is 3.27. The highest BCUT2D eigenvalue weighted by Crippen LogP contribution is 2.18. The van der Waals surface area contributed by atoms with Crippen LogP contribution in [-0.4, -0.2) is 38.0 Å². The summed E-state index contributed by atoms with van der Waals surface area (Å²) < 4.78 is 3.77. The van der Waals surface area contributed by atoms with Gasteiger partial charge in [0.15, 0.2) is 5.16 Å². The van der Waals surface area contributed by atoms with Gasteiger partial charge in [-0.15, -0.1) is 0 Å². The third-order valence-electron chi connectivity index (χ3n) is 3.86. The van der Waals surface area contributed by atoms with E-state index in [2.05, 4.69) is 15.4 Å². The van der Waals surface area contributed by atoms with Crippen LogP contribution in [0.5, 0.6) is 0 Å².